The lowest BCUT2D eigenvalue weighted by atomic mass is 9.94. The van der Waals surface area contributed by atoms with Crippen molar-refractivity contribution in [1.29, 1.82) is 0 Å². The summed E-state index contributed by atoms with van der Waals surface area (Å²) in [7, 11) is 0. The van der Waals surface area contributed by atoms with Crippen molar-refractivity contribution < 1.29 is 9.53 Å². The van der Waals surface area contributed by atoms with Crippen LogP contribution in [0.1, 0.15) is 34.8 Å². The molecule has 2 fully saturated rings. The third kappa shape index (κ3) is 3.55. The Hall–Kier alpha value is -2.47. The Labute approximate surface area is 153 Å². The molecule has 2 aliphatic heterocycles. The van der Waals surface area contributed by atoms with Gasteiger partial charge >= 0.3 is 0 Å². The van der Waals surface area contributed by atoms with Gasteiger partial charge in [0.1, 0.15) is 6.33 Å². The molecule has 26 heavy (non-hydrogen) atoms. The number of aromatic nitrogens is 2. The average Bonchev–Trinajstić information content (AvgIpc) is 2.74. The first kappa shape index (κ1) is 17.0. The number of benzene rings is 1. The number of piperidine rings is 1. The lowest BCUT2D eigenvalue weighted by Gasteiger charge is -2.35. The highest BCUT2D eigenvalue weighted by Gasteiger charge is 2.28. The maximum absolute atomic E-state index is 13.3. The largest absolute Gasteiger partial charge is 0.378 e. The summed E-state index contributed by atoms with van der Waals surface area (Å²) in [5.74, 6) is 0.400. The van der Waals surface area contributed by atoms with E-state index < -0.39 is 0 Å². The van der Waals surface area contributed by atoms with Crippen LogP contribution in [0.5, 0.6) is 0 Å². The minimum absolute atomic E-state index is 0.117. The number of carbonyl (C=O) groups excluding carboxylic acids is 1. The number of likely N-dealkylation sites (tertiary alicyclic amines) is 1. The van der Waals surface area contributed by atoms with Crippen molar-refractivity contribution in [2.45, 2.75) is 18.8 Å². The fraction of sp³-hybridized carbons (Fsp3) is 0.450. The quantitative estimate of drug-likeness (QED) is 0.849. The lowest BCUT2D eigenvalue weighted by molar-refractivity contribution is 0.0705. The molecule has 1 amide bonds. The summed E-state index contributed by atoms with van der Waals surface area (Å²) in [6.45, 7) is 4.59. The maximum atomic E-state index is 13.3. The molecule has 0 N–H and O–H groups in total. The number of hydrogen-bond acceptors (Lipinski definition) is 5. The summed E-state index contributed by atoms with van der Waals surface area (Å²) in [4.78, 5) is 25.9. The molecule has 1 unspecified atom stereocenters. The molecule has 4 rings (SSSR count). The van der Waals surface area contributed by atoms with Gasteiger partial charge in [-0.2, -0.15) is 0 Å². The Bertz CT molecular complexity index is 746. The summed E-state index contributed by atoms with van der Waals surface area (Å²) >= 11 is 0. The van der Waals surface area contributed by atoms with Crippen LogP contribution in [0.4, 0.5) is 5.69 Å². The summed E-state index contributed by atoms with van der Waals surface area (Å²) in [5.41, 5.74) is 2.83. The van der Waals surface area contributed by atoms with Crippen LogP contribution in [0, 0.1) is 0 Å². The molecule has 1 atom stereocenters. The fourth-order valence-corrected chi connectivity index (χ4v) is 3.85. The third-order valence-electron chi connectivity index (χ3n) is 5.22. The second-order valence-corrected chi connectivity index (χ2v) is 6.84. The molecule has 0 saturated carbocycles. The number of hydrogen-bond donors (Lipinski definition) is 0. The monoisotopic (exact) mass is 352 g/mol. The van der Waals surface area contributed by atoms with Crippen LogP contribution >= 0.6 is 0 Å². The summed E-state index contributed by atoms with van der Waals surface area (Å²) in [6.07, 6.45) is 5.42. The number of amides is 1. The van der Waals surface area contributed by atoms with E-state index in [1.807, 2.05) is 35.2 Å². The van der Waals surface area contributed by atoms with Crippen molar-refractivity contribution in [1.82, 2.24) is 14.9 Å². The topological polar surface area (TPSA) is 58.6 Å². The van der Waals surface area contributed by atoms with Crippen LogP contribution in [-0.2, 0) is 4.74 Å². The molecule has 1 aromatic carbocycles. The van der Waals surface area contributed by atoms with Crippen molar-refractivity contribution in [3.05, 3.63) is 54.1 Å². The summed E-state index contributed by atoms with van der Waals surface area (Å²) < 4.78 is 5.45. The number of nitrogens with zero attached hydrogens (tertiary/aromatic N) is 4. The van der Waals surface area contributed by atoms with Gasteiger partial charge in [0.15, 0.2) is 0 Å². The number of anilines is 1. The zero-order valence-electron chi connectivity index (χ0n) is 14.9. The Balaban J connectivity index is 1.54. The van der Waals surface area contributed by atoms with Gasteiger partial charge in [-0.15, -0.1) is 0 Å². The van der Waals surface area contributed by atoms with Crippen molar-refractivity contribution in [2.75, 3.05) is 44.3 Å². The fourth-order valence-electron chi connectivity index (χ4n) is 3.85. The smallest absolute Gasteiger partial charge is 0.255 e. The van der Waals surface area contributed by atoms with Crippen molar-refractivity contribution >= 4 is 11.6 Å². The number of carbonyl (C=O) groups is 1. The van der Waals surface area contributed by atoms with Gasteiger partial charge in [0.05, 0.1) is 18.8 Å². The van der Waals surface area contributed by atoms with Gasteiger partial charge in [0.2, 0.25) is 0 Å². The molecule has 2 aromatic rings. The minimum Gasteiger partial charge on any atom is -0.378 e. The van der Waals surface area contributed by atoms with E-state index in [0.717, 1.165) is 49.4 Å². The molecule has 0 radical (unpaired) electrons. The zero-order valence-corrected chi connectivity index (χ0v) is 14.9. The van der Waals surface area contributed by atoms with Crippen LogP contribution < -0.4 is 4.90 Å². The molecule has 6 heteroatoms. The van der Waals surface area contributed by atoms with Gasteiger partial charge < -0.3 is 14.5 Å². The van der Waals surface area contributed by atoms with E-state index in [1.165, 1.54) is 0 Å². The van der Waals surface area contributed by atoms with Crippen molar-refractivity contribution in [2.24, 2.45) is 0 Å². The van der Waals surface area contributed by atoms with Crippen LogP contribution in [-0.4, -0.2) is 60.2 Å². The Morgan fingerprint density at radius 1 is 1.12 bits per heavy atom. The van der Waals surface area contributed by atoms with E-state index in [2.05, 4.69) is 14.9 Å². The highest BCUT2D eigenvalue weighted by molar-refractivity contribution is 6.00. The van der Waals surface area contributed by atoms with E-state index >= 15 is 0 Å². The molecule has 3 heterocycles. The first-order valence-corrected chi connectivity index (χ1v) is 9.30. The van der Waals surface area contributed by atoms with Crippen LogP contribution in [0.3, 0.4) is 0 Å². The molecule has 0 bridgehead atoms. The Morgan fingerprint density at radius 3 is 2.77 bits per heavy atom. The van der Waals surface area contributed by atoms with Crippen molar-refractivity contribution in [3.8, 4) is 0 Å². The molecule has 1 aromatic heterocycles. The molecular formula is C20H24N4O2. The second-order valence-electron chi connectivity index (χ2n) is 6.84. The SMILES string of the molecule is O=C(c1ccccc1N1CCOCC1)N1CCCC(c2ccncn2)C1. The molecule has 0 aliphatic carbocycles. The van der Waals surface area contributed by atoms with E-state index in [4.69, 9.17) is 4.74 Å². The molecule has 136 valence electrons. The zero-order chi connectivity index (χ0) is 17.8. The van der Waals surface area contributed by atoms with Gasteiger partial charge in [-0.1, -0.05) is 12.1 Å². The van der Waals surface area contributed by atoms with E-state index in [0.29, 0.717) is 19.8 Å². The van der Waals surface area contributed by atoms with E-state index in [-0.39, 0.29) is 11.8 Å². The first-order chi connectivity index (χ1) is 12.8. The van der Waals surface area contributed by atoms with Gasteiger partial charge in [-0.05, 0) is 31.0 Å². The van der Waals surface area contributed by atoms with Gasteiger partial charge in [0, 0.05) is 49.7 Å². The van der Waals surface area contributed by atoms with E-state index in [9.17, 15) is 4.79 Å². The van der Waals surface area contributed by atoms with Gasteiger partial charge in [-0.3, -0.25) is 4.79 Å². The standard InChI is InChI=1S/C20H24N4O2/c25-20(17-5-1-2-6-19(17)23-10-12-26-13-11-23)24-9-3-4-16(14-24)18-7-8-21-15-22-18/h1-2,5-8,15-16H,3-4,9-14H2. The van der Waals surface area contributed by atoms with E-state index in [1.54, 1.807) is 12.5 Å². The highest BCUT2D eigenvalue weighted by Crippen LogP contribution is 2.28. The summed E-state index contributed by atoms with van der Waals surface area (Å²) in [5, 5.41) is 0. The summed E-state index contributed by atoms with van der Waals surface area (Å²) in [6, 6.07) is 9.90. The predicted octanol–water partition coefficient (Wildman–Crippen LogP) is 2.33. The Morgan fingerprint density at radius 2 is 1.96 bits per heavy atom. The normalized spacial score (nSPS) is 20.8. The van der Waals surface area contributed by atoms with Crippen molar-refractivity contribution in [3.63, 3.8) is 0 Å². The maximum Gasteiger partial charge on any atom is 0.255 e. The van der Waals surface area contributed by atoms with Crippen LogP contribution in [0.25, 0.3) is 0 Å². The number of morpholine rings is 1. The molecular weight excluding hydrogens is 328 g/mol. The van der Waals surface area contributed by atoms with Gasteiger partial charge in [-0.25, -0.2) is 9.97 Å². The lowest BCUT2D eigenvalue weighted by Crippen LogP contribution is -2.41. The number of ether oxygens (including phenoxy) is 1. The first-order valence-electron chi connectivity index (χ1n) is 9.30. The van der Waals surface area contributed by atoms with Crippen LogP contribution in [0.15, 0.2) is 42.9 Å². The predicted molar refractivity (Wildman–Crippen MR) is 99.4 cm³/mol. The molecule has 2 saturated heterocycles. The Kier molecular flexibility index (Phi) is 5.11. The average molecular weight is 352 g/mol. The highest BCUT2D eigenvalue weighted by atomic mass is 16.5. The van der Waals surface area contributed by atoms with Gasteiger partial charge in [0.25, 0.3) is 5.91 Å². The van der Waals surface area contributed by atoms with Crippen LogP contribution in [0.2, 0.25) is 0 Å². The molecule has 0 spiro atoms. The second kappa shape index (κ2) is 7.83. The molecule has 6 nitrogen and oxygen atoms in total. The minimum atomic E-state index is 0.117. The molecule has 2 aliphatic rings. The number of para-hydroxylation sites is 1. The third-order valence-corrected chi connectivity index (χ3v) is 5.22. The number of rotatable bonds is 3.